The molecule has 0 saturated heterocycles. The lowest BCUT2D eigenvalue weighted by Crippen LogP contribution is -1.73. The first-order valence-electron chi connectivity index (χ1n) is 2.05. The Kier molecular flexibility index (Phi) is 3.17. The molecule has 0 radical (unpaired) electrons. The van der Waals surface area contributed by atoms with Crippen LogP contribution in [0.25, 0.3) is 0 Å². The van der Waals surface area contributed by atoms with Crippen LogP contribution in [-0.2, 0) is 0 Å². The quantitative estimate of drug-likeness (QED) is 0.487. The van der Waals surface area contributed by atoms with E-state index in [1.165, 1.54) is 11.5 Å². The minimum Gasteiger partial charge on any atom is -0.133 e. The van der Waals surface area contributed by atoms with Crippen molar-refractivity contribution < 1.29 is 0 Å². The fraction of sp³-hybridized carbons (Fsp3) is 0.500. The normalized spacial score (nSPS) is 21.7. The molecule has 0 aromatic carbocycles. The molecule has 0 fully saturated rings. The van der Waals surface area contributed by atoms with Crippen LogP contribution in [0.2, 0.25) is 0 Å². The molecule has 0 aromatic rings. The number of thioether (sulfide) groups is 1. The van der Waals surface area contributed by atoms with Gasteiger partial charge < -0.3 is 0 Å². The molecule has 0 bridgehead atoms. The highest BCUT2D eigenvalue weighted by atomic mass is 33.1. The zero-order valence-corrected chi connectivity index (χ0v) is 6.24. The van der Waals surface area contributed by atoms with Gasteiger partial charge in [-0.05, 0) is 10.8 Å². The molecule has 1 heterocycles. The molecule has 0 aliphatic carbocycles. The van der Waals surface area contributed by atoms with Gasteiger partial charge in [0.2, 0.25) is 0 Å². The van der Waals surface area contributed by atoms with Crippen molar-refractivity contribution in [1.29, 1.82) is 0 Å². The van der Waals surface area contributed by atoms with Gasteiger partial charge in [-0.25, -0.2) is 0 Å². The Balaban J connectivity index is 2.20. The Morgan fingerprint density at radius 3 is 3.14 bits per heavy atom. The van der Waals surface area contributed by atoms with E-state index in [2.05, 4.69) is 10.8 Å². The largest absolute Gasteiger partial charge is 0.133 e. The summed E-state index contributed by atoms with van der Waals surface area (Å²) in [4.78, 5) is 0. The van der Waals surface area contributed by atoms with E-state index in [9.17, 15) is 0 Å². The Labute approximate surface area is 55.9 Å². The lowest BCUT2D eigenvalue weighted by atomic mass is 11.0. The van der Waals surface area contributed by atoms with Crippen LogP contribution in [0.15, 0.2) is 10.8 Å². The van der Waals surface area contributed by atoms with Crippen LogP contribution in [0.4, 0.5) is 0 Å². The summed E-state index contributed by atoms with van der Waals surface area (Å²) in [5.74, 6) is 2.55. The predicted molar refractivity (Wildman–Crippen MR) is 41.6 cm³/mol. The van der Waals surface area contributed by atoms with Crippen LogP contribution < -0.4 is 0 Å². The van der Waals surface area contributed by atoms with E-state index < -0.39 is 0 Å². The summed E-state index contributed by atoms with van der Waals surface area (Å²) in [6.07, 6.45) is 0. The van der Waals surface area contributed by atoms with Gasteiger partial charge in [-0.15, -0.1) is 11.8 Å². The van der Waals surface area contributed by atoms with E-state index in [1.807, 2.05) is 33.3 Å². The standard InChI is InChI=1S/C4H6S3/c1-3-6-7-4-2-5-1/h1,3H,2,4H2. The van der Waals surface area contributed by atoms with Crippen molar-refractivity contribution in [2.24, 2.45) is 0 Å². The Hall–Kier alpha value is 0.790. The van der Waals surface area contributed by atoms with Gasteiger partial charge in [0.1, 0.15) is 0 Å². The lowest BCUT2D eigenvalue weighted by Gasteiger charge is -1.85. The fourth-order valence-corrected chi connectivity index (χ4v) is 3.31. The van der Waals surface area contributed by atoms with Crippen LogP contribution in [0.1, 0.15) is 0 Å². The highest BCUT2D eigenvalue weighted by Gasteiger charge is 1.89. The summed E-state index contributed by atoms with van der Waals surface area (Å²) in [5.41, 5.74) is 0. The topological polar surface area (TPSA) is 0 Å². The summed E-state index contributed by atoms with van der Waals surface area (Å²) in [7, 11) is 3.76. The molecule has 0 spiro atoms. The van der Waals surface area contributed by atoms with Crippen molar-refractivity contribution in [3.63, 3.8) is 0 Å². The Morgan fingerprint density at radius 1 is 1.14 bits per heavy atom. The summed E-state index contributed by atoms with van der Waals surface area (Å²) in [5, 5.41) is 4.30. The monoisotopic (exact) mass is 150 g/mol. The summed E-state index contributed by atoms with van der Waals surface area (Å²) >= 11 is 1.89. The van der Waals surface area contributed by atoms with Crippen LogP contribution >= 0.6 is 33.3 Å². The van der Waals surface area contributed by atoms with Gasteiger partial charge in [-0.1, -0.05) is 21.6 Å². The summed E-state index contributed by atoms with van der Waals surface area (Å²) in [6.45, 7) is 0. The molecule has 0 atom stereocenters. The SMILES string of the molecule is C1=CSSCCS1. The van der Waals surface area contributed by atoms with E-state index in [0.717, 1.165) is 0 Å². The van der Waals surface area contributed by atoms with Gasteiger partial charge in [-0.2, -0.15) is 0 Å². The maximum Gasteiger partial charge on any atom is 0.0134 e. The van der Waals surface area contributed by atoms with Gasteiger partial charge >= 0.3 is 0 Å². The van der Waals surface area contributed by atoms with Crippen LogP contribution in [0, 0.1) is 0 Å². The first-order valence-corrected chi connectivity index (χ1v) is 5.48. The van der Waals surface area contributed by atoms with E-state index >= 15 is 0 Å². The fourth-order valence-electron chi connectivity index (χ4n) is 0.300. The van der Waals surface area contributed by atoms with Gasteiger partial charge in [0, 0.05) is 11.5 Å². The number of hydrogen-bond acceptors (Lipinski definition) is 3. The first-order chi connectivity index (χ1) is 3.50. The van der Waals surface area contributed by atoms with Gasteiger partial charge in [0.05, 0.1) is 0 Å². The second-order valence-electron chi connectivity index (χ2n) is 1.06. The molecule has 7 heavy (non-hydrogen) atoms. The van der Waals surface area contributed by atoms with Crippen molar-refractivity contribution >= 4 is 33.3 Å². The van der Waals surface area contributed by atoms with E-state index in [4.69, 9.17) is 0 Å². The Morgan fingerprint density at radius 2 is 2.14 bits per heavy atom. The molecule has 0 unspecified atom stereocenters. The van der Waals surface area contributed by atoms with Crippen molar-refractivity contribution in [1.82, 2.24) is 0 Å². The van der Waals surface area contributed by atoms with Crippen molar-refractivity contribution in [3.05, 3.63) is 10.8 Å². The van der Waals surface area contributed by atoms with Crippen LogP contribution in [0.5, 0.6) is 0 Å². The van der Waals surface area contributed by atoms with Crippen molar-refractivity contribution in [3.8, 4) is 0 Å². The molecule has 3 heteroatoms. The number of hydrogen-bond donors (Lipinski definition) is 0. The minimum absolute atomic E-state index is 1.27. The molecule has 0 saturated carbocycles. The smallest absolute Gasteiger partial charge is 0.0134 e. The van der Waals surface area contributed by atoms with Gasteiger partial charge in [0.15, 0.2) is 0 Å². The average Bonchev–Trinajstić information content (AvgIpc) is 1.90. The highest BCUT2D eigenvalue weighted by Crippen LogP contribution is 2.27. The van der Waals surface area contributed by atoms with Gasteiger partial charge in [-0.3, -0.25) is 0 Å². The molecule has 0 aromatic heterocycles. The zero-order chi connectivity index (χ0) is 4.95. The van der Waals surface area contributed by atoms with Crippen molar-refractivity contribution in [2.75, 3.05) is 11.5 Å². The molecule has 40 valence electrons. The highest BCUT2D eigenvalue weighted by molar-refractivity contribution is 8.78. The summed E-state index contributed by atoms with van der Waals surface area (Å²) in [6, 6.07) is 0. The second kappa shape index (κ2) is 3.75. The molecule has 1 aliphatic rings. The third-order valence-electron chi connectivity index (χ3n) is 0.560. The molecule has 1 aliphatic heterocycles. The second-order valence-corrected chi connectivity index (χ2v) is 4.47. The molecular weight excluding hydrogens is 144 g/mol. The van der Waals surface area contributed by atoms with Gasteiger partial charge in [0.25, 0.3) is 0 Å². The Bertz CT molecular complexity index is 61.3. The molecule has 0 amide bonds. The first kappa shape index (κ1) is 5.92. The molecule has 0 nitrogen and oxygen atoms in total. The van der Waals surface area contributed by atoms with Crippen LogP contribution in [0.3, 0.4) is 0 Å². The molecule has 0 N–H and O–H groups in total. The lowest BCUT2D eigenvalue weighted by molar-refractivity contribution is 1.58. The maximum atomic E-state index is 2.16. The minimum atomic E-state index is 1.27. The van der Waals surface area contributed by atoms with E-state index in [0.29, 0.717) is 0 Å². The third-order valence-corrected chi connectivity index (χ3v) is 3.75. The van der Waals surface area contributed by atoms with Crippen LogP contribution in [-0.4, -0.2) is 11.5 Å². The number of rotatable bonds is 0. The molecule has 1 rings (SSSR count). The van der Waals surface area contributed by atoms with E-state index in [-0.39, 0.29) is 0 Å². The summed E-state index contributed by atoms with van der Waals surface area (Å²) < 4.78 is 0. The third kappa shape index (κ3) is 2.57. The molecular formula is C4H6S3. The average molecular weight is 150 g/mol. The predicted octanol–water partition coefficient (Wildman–Crippen LogP) is 2.59. The van der Waals surface area contributed by atoms with Crippen molar-refractivity contribution in [2.45, 2.75) is 0 Å². The van der Waals surface area contributed by atoms with E-state index in [1.54, 1.807) is 0 Å². The maximum absolute atomic E-state index is 2.16. The zero-order valence-electron chi connectivity index (χ0n) is 3.79.